The molecule has 2 aromatic rings. The highest BCUT2D eigenvalue weighted by Gasteiger charge is 2.10. The van der Waals surface area contributed by atoms with Crippen molar-refractivity contribution >= 4 is 0 Å². The summed E-state index contributed by atoms with van der Waals surface area (Å²) in [5.74, 6) is 1.38. The number of ether oxygens (including phenoxy) is 1. The van der Waals surface area contributed by atoms with Crippen LogP contribution in [-0.2, 0) is 6.61 Å². The highest BCUT2D eigenvalue weighted by molar-refractivity contribution is 5.64. The van der Waals surface area contributed by atoms with Crippen LogP contribution in [0.15, 0.2) is 24.3 Å². The minimum absolute atomic E-state index is 0.0194. The van der Waals surface area contributed by atoms with E-state index in [-0.39, 0.29) is 6.61 Å². The van der Waals surface area contributed by atoms with Gasteiger partial charge in [0.25, 0.3) is 0 Å². The van der Waals surface area contributed by atoms with Gasteiger partial charge in [0.05, 0.1) is 24.6 Å². The van der Waals surface area contributed by atoms with E-state index in [4.69, 9.17) is 9.84 Å². The molecule has 0 bridgehead atoms. The fourth-order valence-corrected chi connectivity index (χ4v) is 1.84. The normalized spacial score (nSPS) is 11.0. The van der Waals surface area contributed by atoms with Crippen molar-refractivity contribution in [2.24, 2.45) is 5.92 Å². The van der Waals surface area contributed by atoms with E-state index in [1.807, 2.05) is 31.2 Å². The molecule has 0 radical (unpaired) electrons. The molecule has 0 aliphatic carbocycles. The number of rotatable bonds is 5. The zero-order valence-electron chi connectivity index (χ0n) is 11.6. The van der Waals surface area contributed by atoms with Crippen molar-refractivity contribution in [3.8, 4) is 17.0 Å². The lowest BCUT2D eigenvalue weighted by Gasteiger charge is -2.08. The highest BCUT2D eigenvalue weighted by atomic mass is 16.5. The Morgan fingerprint density at radius 3 is 2.47 bits per heavy atom. The molecule has 0 amide bonds. The van der Waals surface area contributed by atoms with Gasteiger partial charge in [-0.1, -0.05) is 13.8 Å². The van der Waals surface area contributed by atoms with Gasteiger partial charge in [-0.2, -0.15) is 5.10 Å². The van der Waals surface area contributed by atoms with Gasteiger partial charge in [-0.05, 0) is 37.1 Å². The average molecular weight is 260 g/mol. The Balaban J connectivity index is 2.15. The molecule has 4 nitrogen and oxygen atoms in total. The Labute approximate surface area is 113 Å². The molecular formula is C15H20N2O2. The Morgan fingerprint density at radius 2 is 1.95 bits per heavy atom. The van der Waals surface area contributed by atoms with Gasteiger partial charge in [-0.3, -0.25) is 5.10 Å². The zero-order valence-corrected chi connectivity index (χ0v) is 11.6. The van der Waals surface area contributed by atoms with E-state index in [2.05, 4.69) is 24.0 Å². The minimum atomic E-state index is -0.0194. The standard InChI is InChI=1S/C15H20N2O2/c1-10(2)9-19-13-6-4-12(5-7-13)15-11(3)14(8-18)16-17-15/h4-7,10,18H,8-9H2,1-3H3,(H,16,17). The summed E-state index contributed by atoms with van der Waals surface area (Å²) in [6.45, 7) is 6.90. The van der Waals surface area contributed by atoms with Crippen LogP contribution >= 0.6 is 0 Å². The van der Waals surface area contributed by atoms with E-state index >= 15 is 0 Å². The molecule has 0 atom stereocenters. The predicted octanol–water partition coefficient (Wildman–Crippen LogP) is 2.91. The number of nitrogens with zero attached hydrogens (tertiary/aromatic N) is 1. The van der Waals surface area contributed by atoms with Gasteiger partial charge in [-0.25, -0.2) is 0 Å². The number of aromatic amines is 1. The van der Waals surface area contributed by atoms with Crippen LogP contribution in [0.2, 0.25) is 0 Å². The maximum atomic E-state index is 9.15. The molecule has 1 aromatic carbocycles. The quantitative estimate of drug-likeness (QED) is 0.869. The summed E-state index contributed by atoms with van der Waals surface area (Å²) < 4.78 is 5.65. The number of aromatic nitrogens is 2. The topological polar surface area (TPSA) is 58.1 Å². The third-order valence-electron chi connectivity index (χ3n) is 2.98. The summed E-state index contributed by atoms with van der Waals surface area (Å²) in [7, 11) is 0. The van der Waals surface area contributed by atoms with Crippen molar-refractivity contribution in [1.82, 2.24) is 10.2 Å². The van der Waals surface area contributed by atoms with Gasteiger partial charge in [0, 0.05) is 11.1 Å². The molecule has 0 aliphatic rings. The third-order valence-corrected chi connectivity index (χ3v) is 2.98. The fraction of sp³-hybridized carbons (Fsp3) is 0.400. The number of nitrogens with one attached hydrogen (secondary N) is 1. The second-order valence-corrected chi connectivity index (χ2v) is 5.06. The Bertz CT molecular complexity index is 530. The van der Waals surface area contributed by atoms with Gasteiger partial charge in [0.1, 0.15) is 5.75 Å². The summed E-state index contributed by atoms with van der Waals surface area (Å²) in [5.41, 5.74) is 3.64. The van der Waals surface area contributed by atoms with E-state index in [0.29, 0.717) is 5.92 Å². The average Bonchev–Trinajstić information content (AvgIpc) is 2.78. The van der Waals surface area contributed by atoms with Crippen molar-refractivity contribution in [2.45, 2.75) is 27.4 Å². The van der Waals surface area contributed by atoms with Crippen molar-refractivity contribution in [2.75, 3.05) is 6.61 Å². The number of H-pyrrole nitrogens is 1. The second-order valence-electron chi connectivity index (χ2n) is 5.06. The molecule has 1 heterocycles. The van der Waals surface area contributed by atoms with Gasteiger partial charge in [0.15, 0.2) is 0 Å². The van der Waals surface area contributed by atoms with Crippen LogP contribution in [0.5, 0.6) is 5.75 Å². The summed E-state index contributed by atoms with van der Waals surface area (Å²) in [6.07, 6.45) is 0. The number of benzene rings is 1. The molecule has 0 saturated carbocycles. The van der Waals surface area contributed by atoms with E-state index in [1.165, 1.54) is 0 Å². The summed E-state index contributed by atoms with van der Waals surface area (Å²) in [4.78, 5) is 0. The van der Waals surface area contributed by atoms with Gasteiger partial charge in [-0.15, -0.1) is 0 Å². The monoisotopic (exact) mass is 260 g/mol. The molecule has 0 aliphatic heterocycles. The Hall–Kier alpha value is -1.81. The first-order chi connectivity index (χ1) is 9.11. The number of hydrogen-bond donors (Lipinski definition) is 2. The number of aliphatic hydroxyl groups is 1. The van der Waals surface area contributed by atoms with E-state index < -0.39 is 0 Å². The first-order valence-corrected chi connectivity index (χ1v) is 6.49. The smallest absolute Gasteiger partial charge is 0.119 e. The lowest BCUT2D eigenvalue weighted by molar-refractivity contribution is 0.271. The van der Waals surface area contributed by atoms with Gasteiger partial charge < -0.3 is 9.84 Å². The van der Waals surface area contributed by atoms with E-state index in [1.54, 1.807) is 0 Å². The van der Waals surface area contributed by atoms with Gasteiger partial charge >= 0.3 is 0 Å². The van der Waals surface area contributed by atoms with Crippen LogP contribution in [0.1, 0.15) is 25.1 Å². The molecule has 1 aromatic heterocycles. The SMILES string of the molecule is Cc1c(-c2ccc(OCC(C)C)cc2)n[nH]c1CO. The fourth-order valence-electron chi connectivity index (χ4n) is 1.84. The number of hydrogen-bond acceptors (Lipinski definition) is 3. The molecule has 0 fully saturated rings. The van der Waals surface area contributed by atoms with Crippen LogP contribution < -0.4 is 4.74 Å². The van der Waals surface area contributed by atoms with Crippen LogP contribution in [0.3, 0.4) is 0 Å². The van der Waals surface area contributed by atoms with Crippen LogP contribution in [0.4, 0.5) is 0 Å². The van der Waals surface area contributed by atoms with Crippen LogP contribution in [-0.4, -0.2) is 21.9 Å². The maximum Gasteiger partial charge on any atom is 0.119 e. The molecule has 0 spiro atoms. The largest absolute Gasteiger partial charge is 0.493 e. The van der Waals surface area contributed by atoms with Gasteiger partial charge in [0.2, 0.25) is 0 Å². The van der Waals surface area contributed by atoms with E-state index in [9.17, 15) is 0 Å². The Kier molecular flexibility index (Phi) is 4.22. The predicted molar refractivity (Wildman–Crippen MR) is 75.0 cm³/mol. The lowest BCUT2D eigenvalue weighted by atomic mass is 10.1. The number of aliphatic hydroxyl groups excluding tert-OH is 1. The first-order valence-electron chi connectivity index (χ1n) is 6.49. The summed E-state index contributed by atoms with van der Waals surface area (Å²) in [6, 6.07) is 7.87. The molecule has 4 heteroatoms. The summed E-state index contributed by atoms with van der Waals surface area (Å²) >= 11 is 0. The Morgan fingerprint density at radius 1 is 1.26 bits per heavy atom. The third kappa shape index (κ3) is 3.15. The van der Waals surface area contributed by atoms with Crippen molar-refractivity contribution in [1.29, 1.82) is 0 Å². The molecule has 19 heavy (non-hydrogen) atoms. The maximum absolute atomic E-state index is 9.15. The molecule has 0 unspecified atom stereocenters. The first kappa shape index (κ1) is 13.6. The molecule has 2 rings (SSSR count). The zero-order chi connectivity index (χ0) is 13.8. The lowest BCUT2D eigenvalue weighted by Crippen LogP contribution is -2.04. The van der Waals surface area contributed by atoms with Crippen molar-refractivity contribution in [3.05, 3.63) is 35.5 Å². The molecule has 2 N–H and O–H groups in total. The highest BCUT2D eigenvalue weighted by Crippen LogP contribution is 2.25. The van der Waals surface area contributed by atoms with E-state index in [0.717, 1.165) is 34.9 Å². The summed E-state index contributed by atoms with van der Waals surface area (Å²) in [5, 5.41) is 16.2. The van der Waals surface area contributed by atoms with Crippen molar-refractivity contribution < 1.29 is 9.84 Å². The molecule has 0 saturated heterocycles. The van der Waals surface area contributed by atoms with Crippen molar-refractivity contribution in [3.63, 3.8) is 0 Å². The second kappa shape index (κ2) is 5.89. The minimum Gasteiger partial charge on any atom is -0.493 e. The van der Waals surface area contributed by atoms with Crippen LogP contribution in [0, 0.1) is 12.8 Å². The molecule has 102 valence electrons. The van der Waals surface area contributed by atoms with Crippen LogP contribution in [0.25, 0.3) is 11.3 Å². The molecular weight excluding hydrogens is 240 g/mol.